The Kier molecular flexibility index (Phi) is 7.88. The van der Waals surface area contributed by atoms with Crippen LogP contribution in [0.4, 0.5) is 0 Å². The Hall–Kier alpha value is -1.15. The first-order valence-corrected chi connectivity index (χ1v) is 10.2. The van der Waals surface area contributed by atoms with Crippen LogP contribution >= 0.6 is 24.0 Å². The van der Waals surface area contributed by atoms with E-state index >= 15 is 0 Å². The van der Waals surface area contributed by atoms with Crippen LogP contribution < -0.4 is 10.0 Å². The van der Waals surface area contributed by atoms with E-state index in [0.29, 0.717) is 23.0 Å². The van der Waals surface area contributed by atoms with Crippen molar-refractivity contribution in [3.05, 3.63) is 65.2 Å². The zero-order chi connectivity index (χ0) is 17.7. The van der Waals surface area contributed by atoms with Crippen LogP contribution in [0.5, 0.6) is 0 Å². The van der Waals surface area contributed by atoms with Gasteiger partial charge >= 0.3 is 0 Å². The second-order valence-electron chi connectivity index (χ2n) is 6.02. The van der Waals surface area contributed by atoms with E-state index in [1.54, 1.807) is 30.3 Å². The molecule has 0 radical (unpaired) electrons. The number of sulfonamides is 1. The van der Waals surface area contributed by atoms with Gasteiger partial charge in [0.25, 0.3) is 0 Å². The summed E-state index contributed by atoms with van der Waals surface area (Å²) in [6.07, 6.45) is 0. The number of hydrogen-bond donors (Lipinski definition) is 2. The third-order valence-corrected chi connectivity index (χ3v) is 6.04. The Morgan fingerprint density at radius 1 is 1.15 bits per heavy atom. The molecule has 142 valence electrons. The van der Waals surface area contributed by atoms with Crippen LogP contribution in [0.25, 0.3) is 0 Å². The van der Waals surface area contributed by atoms with Crippen LogP contribution in [0.1, 0.15) is 11.6 Å². The van der Waals surface area contributed by atoms with E-state index in [2.05, 4.69) is 21.0 Å². The van der Waals surface area contributed by atoms with Crippen molar-refractivity contribution in [2.45, 2.75) is 10.9 Å². The molecule has 2 N–H and O–H groups in total. The minimum atomic E-state index is -3.46. The third kappa shape index (κ3) is 5.42. The summed E-state index contributed by atoms with van der Waals surface area (Å²) < 4.78 is 27.3. The molecule has 1 atom stereocenters. The number of piperazine rings is 1. The van der Waals surface area contributed by atoms with E-state index < -0.39 is 10.0 Å². The molecule has 0 saturated carbocycles. The largest absolute Gasteiger partial charge is 0.314 e. The van der Waals surface area contributed by atoms with Crippen LogP contribution in [-0.2, 0) is 10.0 Å². The maximum Gasteiger partial charge on any atom is 0.240 e. The van der Waals surface area contributed by atoms with Gasteiger partial charge in [-0.1, -0.05) is 41.9 Å². The molecule has 0 aliphatic carbocycles. The second kappa shape index (κ2) is 9.69. The fourth-order valence-corrected chi connectivity index (χ4v) is 4.30. The predicted octanol–water partition coefficient (Wildman–Crippen LogP) is 2.69. The second-order valence-corrected chi connectivity index (χ2v) is 8.23. The van der Waals surface area contributed by atoms with Gasteiger partial charge in [-0.25, -0.2) is 13.1 Å². The molecule has 1 fully saturated rings. The monoisotopic (exact) mass is 415 g/mol. The van der Waals surface area contributed by atoms with Gasteiger partial charge in [-0.2, -0.15) is 0 Å². The first kappa shape index (κ1) is 21.2. The Morgan fingerprint density at radius 3 is 2.65 bits per heavy atom. The van der Waals surface area contributed by atoms with Gasteiger partial charge in [0.1, 0.15) is 0 Å². The summed E-state index contributed by atoms with van der Waals surface area (Å²) >= 11 is 6.11. The molecule has 1 aliphatic heterocycles. The average molecular weight is 416 g/mol. The van der Waals surface area contributed by atoms with Gasteiger partial charge in [-0.05, 0) is 29.8 Å². The smallest absolute Gasteiger partial charge is 0.240 e. The summed E-state index contributed by atoms with van der Waals surface area (Å²) in [5.41, 5.74) is 1.14. The van der Waals surface area contributed by atoms with Gasteiger partial charge < -0.3 is 5.32 Å². The molecule has 2 aromatic carbocycles. The van der Waals surface area contributed by atoms with Crippen molar-refractivity contribution in [3.8, 4) is 0 Å². The molecule has 0 aromatic heterocycles. The fourth-order valence-electron chi connectivity index (χ4n) is 3.06. The van der Waals surface area contributed by atoms with Crippen molar-refractivity contribution in [2.24, 2.45) is 0 Å². The molecule has 2 aromatic rings. The molecule has 0 bridgehead atoms. The molecule has 3 rings (SSSR count). The topological polar surface area (TPSA) is 61.4 Å². The van der Waals surface area contributed by atoms with E-state index in [9.17, 15) is 8.42 Å². The van der Waals surface area contributed by atoms with E-state index in [1.807, 2.05) is 18.2 Å². The van der Waals surface area contributed by atoms with Crippen LogP contribution in [0, 0.1) is 0 Å². The van der Waals surface area contributed by atoms with Crippen molar-refractivity contribution in [1.82, 2.24) is 14.9 Å². The van der Waals surface area contributed by atoms with Crippen LogP contribution in [0.15, 0.2) is 59.5 Å². The number of nitrogens with zero attached hydrogens (tertiary/aromatic N) is 1. The number of benzene rings is 2. The van der Waals surface area contributed by atoms with Crippen molar-refractivity contribution >= 4 is 34.0 Å². The van der Waals surface area contributed by atoms with Gasteiger partial charge in [-0.3, -0.25) is 4.90 Å². The Balaban J connectivity index is 0.00000243. The molecule has 26 heavy (non-hydrogen) atoms. The highest BCUT2D eigenvalue weighted by molar-refractivity contribution is 7.89. The number of halogens is 2. The standard InChI is InChI=1S/C18H22ClN3O2S.ClH/c19-16-6-4-5-15(13-16)18-14-20-9-11-22(18)12-10-21-25(23,24)17-7-2-1-3-8-17;/h1-8,13,18,20-21H,9-12,14H2;1H. The third-order valence-electron chi connectivity index (χ3n) is 4.33. The minimum Gasteiger partial charge on any atom is -0.314 e. The lowest BCUT2D eigenvalue weighted by atomic mass is 10.0. The van der Waals surface area contributed by atoms with E-state index in [1.165, 1.54) is 0 Å². The molecule has 1 heterocycles. The molecular formula is C18H23Cl2N3O2S. The number of rotatable bonds is 6. The fraction of sp³-hybridized carbons (Fsp3) is 0.333. The van der Waals surface area contributed by atoms with Gasteiger partial charge in [0.2, 0.25) is 10.0 Å². The first-order chi connectivity index (χ1) is 12.1. The quantitative estimate of drug-likeness (QED) is 0.760. The maximum atomic E-state index is 12.3. The molecule has 8 heteroatoms. The number of nitrogens with one attached hydrogen (secondary N) is 2. The molecule has 5 nitrogen and oxygen atoms in total. The SMILES string of the molecule is Cl.O=S(=O)(NCCN1CCNCC1c1cccc(Cl)c1)c1ccccc1. The lowest BCUT2D eigenvalue weighted by Gasteiger charge is -2.36. The highest BCUT2D eigenvalue weighted by Gasteiger charge is 2.24. The predicted molar refractivity (Wildman–Crippen MR) is 108 cm³/mol. The van der Waals surface area contributed by atoms with Crippen LogP contribution in [0.2, 0.25) is 5.02 Å². The Labute approximate surface area is 166 Å². The van der Waals surface area contributed by atoms with E-state index in [0.717, 1.165) is 25.2 Å². The summed E-state index contributed by atoms with van der Waals surface area (Å²) in [6.45, 7) is 3.59. The minimum absolute atomic E-state index is 0. The van der Waals surface area contributed by atoms with Gasteiger partial charge in [0.15, 0.2) is 0 Å². The first-order valence-electron chi connectivity index (χ1n) is 8.31. The van der Waals surface area contributed by atoms with E-state index in [-0.39, 0.29) is 18.4 Å². The van der Waals surface area contributed by atoms with Crippen molar-refractivity contribution in [3.63, 3.8) is 0 Å². The Morgan fingerprint density at radius 2 is 1.92 bits per heavy atom. The summed E-state index contributed by atoms with van der Waals surface area (Å²) in [5, 5.41) is 4.11. The molecule has 1 aliphatic rings. The Bertz CT molecular complexity index is 803. The highest BCUT2D eigenvalue weighted by Crippen LogP contribution is 2.24. The van der Waals surface area contributed by atoms with Crippen LogP contribution in [0.3, 0.4) is 0 Å². The van der Waals surface area contributed by atoms with Crippen molar-refractivity contribution in [1.29, 1.82) is 0 Å². The molecular weight excluding hydrogens is 393 g/mol. The molecule has 1 unspecified atom stereocenters. The van der Waals surface area contributed by atoms with Gasteiger partial charge in [0.05, 0.1) is 4.90 Å². The summed E-state index contributed by atoms with van der Waals surface area (Å²) in [4.78, 5) is 2.58. The molecule has 0 amide bonds. The maximum absolute atomic E-state index is 12.3. The lowest BCUT2D eigenvalue weighted by Crippen LogP contribution is -2.48. The van der Waals surface area contributed by atoms with Crippen molar-refractivity contribution < 1.29 is 8.42 Å². The number of hydrogen-bond acceptors (Lipinski definition) is 4. The highest BCUT2D eigenvalue weighted by atomic mass is 35.5. The zero-order valence-electron chi connectivity index (χ0n) is 14.3. The molecule has 0 spiro atoms. The zero-order valence-corrected chi connectivity index (χ0v) is 16.7. The summed E-state index contributed by atoms with van der Waals surface area (Å²) in [6, 6.07) is 16.5. The summed E-state index contributed by atoms with van der Waals surface area (Å²) in [7, 11) is -3.46. The normalized spacial score (nSPS) is 18.3. The summed E-state index contributed by atoms with van der Waals surface area (Å²) in [5.74, 6) is 0. The lowest BCUT2D eigenvalue weighted by molar-refractivity contribution is 0.165. The van der Waals surface area contributed by atoms with Crippen LogP contribution in [-0.4, -0.2) is 46.0 Å². The van der Waals surface area contributed by atoms with Gasteiger partial charge in [0, 0.05) is 43.8 Å². The van der Waals surface area contributed by atoms with E-state index in [4.69, 9.17) is 11.6 Å². The van der Waals surface area contributed by atoms with Crippen molar-refractivity contribution in [2.75, 3.05) is 32.7 Å². The average Bonchev–Trinajstić information content (AvgIpc) is 2.63. The molecule has 1 saturated heterocycles. The van der Waals surface area contributed by atoms with Gasteiger partial charge in [-0.15, -0.1) is 12.4 Å².